The van der Waals surface area contributed by atoms with E-state index in [2.05, 4.69) is 11.4 Å². The monoisotopic (exact) mass is 288 g/mol. The molecule has 112 valence electrons. The van der Waals surface area contributed by atoms with Crippen LogP contribution in [0.1, 0.15) is 31.9 Å². The Morgan fingerprint density at radius 1 is 1.43 bits per heavy atom. The van der Waals surface area contributed by atoms with Gasteiger partial charge >= 0.3 is 6.09 Å². The first-order chi connectivity index (χ1) is 9.85. The summed E-state index contributed by atoms with van der Waals surface area (Å²) in [6, 6.07) is 7.22. The van der Waals surface area contributed by atoms with Crippen LogP contribution in [0, 0.1) is 11.3 Å². The Kier molecular flexibility index (Phi) is 5.79. The molecule has 0 atom stereocenters. The summed E-state index contributed by atoms with van der Waals surface area (Å²) in [7, 11) is 1.57. The molecule has 0 radical (unpaired) electrons. The molecule has 1 N–H and O–H groups in total. The van der Waals surface area contributed by atoms with E-state index in [4.69, 9.17) is 14.7 Å². The smallest absolute Gasteiger partial charge is 0.407 e. The van der Waals surface area contributed by atoms with Crippen LogP contribution in [-0.4, -0.2) is 25.3 Å². The maximum absolute atomic E-state index is 11.5. The van der Waals surface area contributed by atoms with Crippen LogP contribution in [0.3, 0.4) is 0 Å². The van der Waals surface area contributed by atoms with Gasteiger partial charge in [-0.2, -0.15) is 5.26 Å². The number of nitriles is 1. The van der Waals surface area contributed by atoms with Crippen LogP contribution in [0.4, 0.5) is 4.79 Å². The van der Waals surface area contributed by atoms with Gasteiger partial charge in [0.25, 0.3) is 0 Å². The highest BCUT2D eigenvalue weighted by Gasteiger charge is 2.14. The molecule has 1 aromatic carbocycles. The quantitative estimate of drug-likeness (QED) is 0.924. The highest BCUT2D eigenvalue weighted by Crippen LogP contribution is 2.20. The van der Waals surface area contributed by atoms with E-state index in [0.29, 0.717) is 17.9 Å². The predicted octanol–water partition coefficient (Wildman–Crippen LogP) is 3.10. The Labute approximate surface area is 125 Å². The minimum atomic E-state index is -0.516. The summed E-state index contributed by atoms with van der Waals surface area (Å²) in [5.74, 6) is 0.669. The lowest BCUT2D eigenvalue weighted by Gasteiger charge is -2.19. The zero-order valence-corrected chi connectivity index (χ0v) is 12.8. The fourth-order valence-electron chi connectivity index (χ4n) is 1.58. The van der Waals surface area contributed by atoms with E-state index in [1.807, 2.05) is 0 Å². The van der Waals surface area contributed by atoms with Crippen LogP contribution in [0.15, 0.2) is 24.3 Å². The second kappa shape index (κ2) is 7.34. The average Bonchev–Trinajstić information content (AvgIpc) is 2.41. The number of nitrogens with one attached hydrogen (secondary N) is 1. The average molecular weight is 288 g/mol. The molecule has 0 aliphatic heterocycles. The van der Waals surface area contributed by atoms with Crippen molar-refractivity contribution >= 4 is 12.2 Å². The van der Waals surface area contributed by atoms with Crippen molar-refractivity contribution in [2.24, 2.45) is 0 Å². The first-order valence-corrected chi connectivity index (χ1v) is 6.57. The van der Waals surface area contributed by atoms with Crippen molar-refractivity contribution in [2.75, 3.05) is 13.7 Å². The number of hydrogen-bond acceptors (Lipinski definition) is 4. The minimum absolute atomic E-state index is 0.328. The molecular weight excluding hydrogens is 268 g/mol. The van der Waals surface area contributed by atoms with Gasteiger partial charge in [0.2, 0.25) is 0 Å². The Morgan fingerprint density at radius 3 is 2.71 bits per heavy atom. The summed E-state index contributed by atoms with van der Waals surface area (Å²) < 4.78 is 10.3. The summed E-state index contributed by atoms with van der Waals surface area (Å²) >= 11 is 0. The summed E-state index contributed by atoms with van der Waals surface area (Å²) in [5.41, 5.74) is 0.816. The van der Waals surface area contributed by atoms with Gasteiger partial charge in [-0.15, -0.1) is 0 Å². The van der Waals surface area contributed by atoms with Crippen molar-refractivity contribution < 1.29 is 14.3 Å². The van der Waals surface area contributed by atoms with Gasteiger partial charge in [-0.25, -0.2) is 4.79 Å². The zero-order chi connectivity index (χ0) is 15.9. The van der Waals surface area contributed by atoms with Crippen molar-refractivity contribution in [3.8, 4) is 11.8 Å². The second-order valence-corrected chi connectivity index (χ2v) is 5.35. The Morgan fingerprint density at radius 2 is 2.14 bits per heavy atom. The summed E-state index contributed by atoms with van der Waals surface area (Å²) in [4.78, 5) is 11.5. The normalized spacial score (nSPS) is 11.0. The molecule has 0 saturated carbocycles. The fraction of sp³-hybridized carbons (Fsp3) is 0.375. The van der Waals surface area contributed by atoms with Gasteiger partial charge in [0, 0.05) is 12.1 Å². The molecule has 0 aliphatic carbocycles. The van der Waals surface area contributed by atoms with E-state index in [1.165, 1.54) is 0 Å². The van der Waals surface area contributed by atoms with Crippen LogP contribution in [0.2, 0.25) is 0 Å². The van der Waals surface area contributed by atoms with Crippen molar-refractivity contribution in [1.29, 1.82) is 5.26 Å². The number of amides is 1. The molecule has 0 unspecified atom stereocenters. The minimum Gasteiger partial charge on any atom is -0.496 e. The van der Waals surface area contributed by atoms with Gasteiger partial charge in [0.15, 0.2) is 0 Å². The van der Waals surface area contributed by atoms with Crippen molar-refractivity contribution in [2.45, 2.75) is 26.4 Å². The largest absolute Gasteiger partial charge is 0.496 e. The number of carbonyl (C=O) groups is 1. The Bertz CT molecular complexity index is 566. The van der Waals surface area contributed by atoms with Gasteiger partial charge < -0.3 is 14.8 Å². The van der Waals surface area contributed by atoms with E-state index in [9.17, 15) is 4.79 Å². The number of hydrogen-bond donors (Lipinski definition) is 1. The molecule has 0 bridgehead atoms. The maximum Gasteiger partial charge on any atom is 0.407 e. The van der Waals surface area contributed by atoms with Crippen LogP contribution in [0.5, 0.6) is 5.75 Å². The number of rotatable bonds is 4. The Hall–Kier alpha value is -2.48. The fourth-order valence-corrected chi connectivity index (χ4v) is 1.58. The lowest BCUT2D eigenvalue weighted by Crippen LogP contribution is -2.32. The maximum atomic E-state index is 11.5. The molecule has 0 aliphatic rings. The number of alkyl carbamates (subject to hydrolysis) is 1. The lowest BCUT2D eigenvalue weighted by atomic mass is 10.1. The molecule has 1 aromatic rings. The molecule has 21 heavy (non-hydrogen) atoms. The first-order valence-electron chi connectivity index (χ1n) is 6.57. The van der Waals surface area contributed by atoms with Gasteiger partial charge in [-0.05, 0) is 39.0 Å². The second-order valence-electron chi connectivity index (χ2n) is 5.35. The molecule has 0 heterocycles. The van der Waals surface area contributed by atoms with E-state index >= 15 is 0 Å². The molecule has 0 fully saturated rings. The van der Waals surface area contributed by atoms with Crippen LogP contribution in [-0.2, 0) is 4.74 Å². The van der Waals surface area contributed by atoms with Crippen molar-refractivity contribution in [3.05, 3.63) is 35.4 Å². The highest BCUT2D eigenvalue weighted by molar-refractivity contribution is 5.68. The topological polar surface area (TPSA) is 71.3 Å². The summed E-state index contributed by atoms with van der Waals surface area (Å²) in [5, 5.41) is 11.5. The number of methoxy groups -OCH3 is 1. The predicted molar refractivity (Wildman–Crippen MR) is 81.0 cm³/mol. The molecule has 1 amide bonds. The van der Waals surface area contributed by atoms with Gasteiger partial charge in [0.1, 0.15) is 11.4 Å². The zero-order valence-electron chi connectivity index (χ0n) is 12.8. The van der Waals surface area contributed by atoms with E-state index in [0.717, 1.165) is 5.56 Å². The van der Waals surface area contributed by atoms with E-state index in [-0.39, 0.29) is 0 Å². The molecule has 0 aromatic heterocycles. The van der Waals surface area contributed by atoms with Gasteiger partial charge in [-0.3, -0.25) is 0 Å². The SMILES string of the molecule is COc1ccc(C#N)cc1C=CCNC(=O)OC(C)(C)C. The molecular formula is C16H20N2O3. The lowest BCUT2D eigenvalue weighted by molar-refractivity contribution is 0.0534. The van der Waals surface area contributed by atoms with Gasteiger partial charge in [0.05, 0.1) is 18.7 Å². The summed E-state index contributed by atoms with van der Waals surface area (Å²) in [6.45, 7) is 5.75. The third-order valence-corrected chi connectivity index (χ3v) is 2.42. The Balaban J connectivity index is 2.61. The number of benzene rings is 1. The first kappa shape index (κ1) is 16.6. The van der Waals surface area contributed by atoms with Crippen LogP contribution >= 0.6 is 0 Å². The molecule has 0 saturated heterocycles. The molecule has 0 spiro atoms. The van der Waals surface area contributed by atoms with E-state index < -0.39 is 11.7 Å². The van der Waals surface area contributed by atoms with E-state index in [1.54, 1.807) is 58.2 Å². The number of nitrogens with zero attached hydrogens (tertiary/aromatic N) is 1. The third-order valence-electron chi connectivity index (χ3n) is 2.42. The van der Waals surface area contributed by atoms with Crippen LogP contribution < -0.4 is 10.1 Å². The number of carbonyl (C=O) groups excluding carboxylic acids is 1. The summed E-state index contributed by atoms with van der Waals surface area (Å²) in [6.07, 6.45) is 3.09. The van der Waals surface area contributed by atoms with Crippen LogP contribution in [0.25, 0.3) is 6.08 Å². The standard InChI is InChI=1S/C16H20N2O3/c1-16(2,3)21-15(19)18-9-5-6-13-10-12(11-17)7-8-14(13)20-4/h5-8,10H,9H2,1-4H3,(H,18,19). The molecule has 5 nitrogen and oxygen atoms in total. The van der Waals surface area contributed by atoms with Crippen molar-refractivity contribution in [3.63, 3.8) is 0 Å². The molecule has 1 rings (SSSR count). The number of ether oxygens (including phenoxy) is 2. The molecule has 5 heteroatoms. The highest BCUT2D eigenvalue weighted by atomic mass is 16.6. The third kappa shape index (κ3) is 6.00. The van der Waals surface area contributed by atoms with Gasteiger partial charge in [-0.1, -0.05) is 12.2 Å². The van der Waals surface area contributed by atoms with Crippen molar-refractivity contribution in [1.82, 2.24) is 5.32 Å².